The van der Waals surface area contributed by atoms with E-state index in [-0.39, 0.29) is 22.2 Å². The number of carbonyl (C=O) groups is 1. The van der Waals surface area contributed by atoms with Crippen molar-refractivity contribution >= 4 is 34.8 Å². The molecular formula is C17H11ClFN5O2. The van der Waals surface area contributed by atoms with Crippen molar-refractivity contribution in [1.29, 1.82) is 5.26 Å². The zero-order valence-corrected chi connectivity index (χ0v) is 14.0. The summed E-state index contributed by atoms with van der Waals surface area (Å²) in [7, 11) is 0. The average Bonchev–Trinajstić information content (AvgIpc) is 3.34. The fourth-order valence-corrected chi connectivity index (χ4v) is 3.06. The summed E-state index contributed by atoms with van der Waals surface area (Å²) in [5.41, 5.74) is 1.34. The van der Waals surface area contributed by atoms with Gasteiger partial charge in [-0.25, -0.2) is 19.1 Å². The lowest BCUT2D eigenvalue weighted by atomic mass is 10.2. The molecule has 0 radical (unpaired) electrons. The van der Waals surface area contributed by atoms with Crippen molar-refractivity contribution in [3.05, 3.63) is 52.6 Å². The predicted molar refractivity (Wildman–Crippen MR) is 91.3 cm³/mol. The maximum absolute atomic E-state index is 13.8. The number of hydrogen-bond donors (Lipinski definition) is 1. The van der Waals surface area contributed by atoms with Crippen LogP contribution in [0.4, 0.5) is 20.7 Å². The second-order valence-electron chi connectivity index (χ2n) is 5.97. The van der Waals surface area contributed by atoms with E-state index in [1.807, 2.05) is 6.07 Å². The smallest absolute Gasteiger partial charge is 0.417 e. The number of aromatic nitrogens is 3. The van der Waals surface area contributed by atoms with Crippen LogP contribution in [0.1, 0.15) is 29.9 Å². The van der Waals surface area contributed by atoms with Gasteiger partial charge in [-0.3, -0.25) is 0 Å². The molecule has 1 fully saturated rings. The second kappa shape index (κ2) is 5.97. The Hall–Kier alpha value is -3.18. The Labute approximate surface area is 151 Å². The zero-order valence-electron chi connectivity index (χ0n) is 13.2. The molecule has 0 atom stereocenters. The number of carboxylic acid groups (broad SMARTS) is 1. The van der Waals surface area contributed by atoms with Crippen LogP contribution in [0.25, 0.3) is 5.65 Å². The first kappa shape index (κ1) is 16.3. The topological polar surface area (TPSA) is 94.5 Å². The molecule has 9 heteroatoms. The highest BCUT2D eigenvalue weighted by Gasteiger charge is 2.30. The van der Waals surface area contributed by atoms with Gasteiger partial charge >= 0.3 is 6.09 Å². The third-order valence-electron chi connectivity index (χ3n) is 4.16. The van der Waals surface area contributed by atoms with Crippen LogP contribution >= 0.6 is 11.6 Å². The molecule has 0 saturated heterocycles. The Morgan fingerprint density at radius 1 is 1.38 bits per heavy atom. The van der Waals surface area contributed by atoms with E-state index < -0.39 is 11.9 Å². The van der Waals surface area contributed by atoms with Gasteiger partial charge in [0.05, 0.1) is 23.5 Å². The number of hydrogen-bond acceptors (Lipinski definition) is 4. The highest BCUT2D eigenvalue weighted by Crippen LogP contribution is 2.42. The van der Waals surface area contributed by atoms with Crippen molar-refractivity contribution in [1.82, 2.24) is 14.6 Å². The van der Waals surface area contributed by atoms with Crippen molar-refractivity contribution in [2.45, 2.75) is 18.8 Å². The van der Waals surface area contributed by atoms with E-state index in [1.54, 1.807) is 6.20 Å². The Morgan fingerprint density at radius 3 is 2.81 bits per heavy atom. The molecule has 4 rings (SSSR count). The van der Waals surface area contributed by atoms with Gasteiger partial charge in [0.25, 0.3) is 0 Å². The van der Waals surface area contributed by atoms with E-state index in [1.165, 1.54) is 16.6 Å². The van der Waals surface area contributed by atoms with E-state index in [0.717, 1.165) is 35.4 Å². The third-order valence-corrected chi connectivity index (χ3v) is 4.35. The molecule has 1 saturated carbocycles. The molecule has 1 amide bonds. The summed E-state index contributed by atoms with van der Waals surface area (Å²) in [6.07, 6.45) is 2.31. The van der Waals surface area contributed by atoms with E-state index >= 15 is 0 Å². The highest BCUT2D eigenvalue weighted by molar-refractivity contribution is 6.29. The monoisotopic (exact) mass is 371 g/mol. The van der Waals surface area contributed by atoms with Crippen molar-refractivity contribution < 1.29 is 14.3 Å². The quantitative estimate of drug-likeness (QED) is 0.700. The summed E-state index contributed by atoms with van der Waals surface area (Å²) in [5.74, 6) is -0.293. The number of anilines is 2. The van der Waals surface area contributed by atoms with Gasteiger partial charge in [0.1, 0.15) is 16.8 Å². The Morgan fingerprint density at radius 2 is 2.15 bits per heavy atom. The maximum atomic E-state index is 13.8. The SMILES string of the molecule is N#Cc1cc(F)cc(N(C(=O)O)c2cc(Cl)nc3c(C4CC4)cnn23)c1. The molecule has 1 aromatic carbocycles. The number of fused-ring (bicyclic) bond motifs is 1. The molecule has 0 spiro atoms. The summed E-state index contributed by atoms with van der Waals surface area (Å²) < 4.78 is 15.2. The molecule has 2 aromatic heterocycles. The first-order valence-corrected chi connectivity index (χ1v) is 8.13. The summed E-state index contributed by atoms with van der Waals surface area (Å²) >= 11 is 6.11. The van der Waals surface area contributed by atoms with Crippen molar-refractivity contribution in [2.24, 2.45) is 0 Å². The molecule has 1 aliphatic rings. The molecule has 0 bridgehead atoms. The number of amides is 1. The first-order chi connectivity index (χ1) is 12.5. The molecule has 3 aromatic rings. The molecule has 7 nitrogen and oxygen atoms in total. The normalized spacial score (nSPS) is 13.6. The van der Waals surface area contributed by atoms with Crippen LogP contribution in [0.5, 0.6) is 0 Å². The largest absolute Gasteiger partial charge is 0.464 e. The van der Waals surface area contributed by atoms with E-state index in [2.05, 4.69) is 10.1 Å². The molecule has 26 heavy (non-hydrogen) atoms. The van der Waals surface area contributed by atoms with Gasteiger partial charge in [-0.05, 0) is 37.0 Å². The van der Waals surface area contributed by atoms with Crippen LogP contribution in [0, 0.1) is 17.1 Å². The number of halogens is 2. The molecule has 130 valence electrons. The molecule has 0 aliphatic heterocycles. The van der Waals surface area contributed by atoms with Crippen molar-refractivity contribution in [3.63, 3.8) is 0 Å². The van der Waals surface area contributed by atoms with Gasteiger partial charge in [0, 0.05) is 11.6 Å². The number of nitriles is 1. The molecule has 0 unspecified atom stereocenters. The summed E-state index contributed by atoms with van der Waals surface area (Å²) in [4.78, 5) is 17.0. The minimum Gasteiger partial charge on any atom is -0.464 e. The highest BCUT2D eigenvalue weighted by atomic mass is 35.5. The van der Waals surface area contributed by atoms with Crippen LogP contribution in [-0.4, -0.2) is 25.8 Å². The number of benzene rings is 1. The summed E-state index contributed by atoms with van der Waals surface area (Å²) in [6.45, 7) is 0. The molecular weight excluding hydrogens is 361 g/mol. The average molecular weight is 372 g/mol. The van der Waals surface area contributed by atoms with E-state index in [9.17, 15) is 14.3 Å². The minimum absolute atomic E-state index is 0.00165. The van der Waals surface area contributed by atoms with Gasteiger partial charge < -0.3 is 5.11 Å². The fourth-order valence-electron chi connectivity index (χ4n) is 2.89. The zero-order chi connectivity index (χ0) is 18.4. The maximum Gasteiger partial charge on any atom is 0.417 e. The Balaban J connectivity index is 1.95. The predicted octanol–water partition coefficient (Wildman–Crippen LogP) is 4.09. The van der Waals surface area contributed by atoms with Crippen molar-refractivity contribution in [2.75, 3.05) is 4.90 Å². The van der Waals surface area contributed by atoms with Crippen LogP contribution in [0.2, 0.25) is 5.15 Å². The van der Waals surface area contributed by atoms with Gasteiger partial charge in [0.15, 0.2) is 5.65 Å². The molecule has 1 N–H and O–H groups in total. The lowest BCUT2D eigenvalue weighted by molar-refractivity contribution is 0.204. The third kappa shape index (κ3) is 2.72. The van der Waals surface area contributed by atoms with Crippen LogP contribution in [0.3, 0.4) is 0 Å². The van der Waals surface area contributed by atoms with Gasteiger partial charge in [-0.2, -0.15) is 14.9 Å². The summed E-state index contributed by atoms with van der Waals surface area (Å²) in [6, 6.07) is 6.48. The van der Waals surface area contributed by atoms with Crippen LogP contribution in [0.15, 0.2) is 30.5 Å². The second-order valence-corrected chi connectivity index (χ2v) is 6.36. The Bertz CT molecular complexity index is 1090. The number of rotatable bonds is 3. The summed E-state index contributed by atoms with van der Waals surface area (Å²) in [5, 5.41) is 23.1. The van der Waals surface area contributed by atoms with Gasteiger partial charge in [0.2, 0.25) is 0 Å². The van der Waals surface area contributed by atoms with Crippen LogP contribution < -0.4 is 4.90 Å². The molecule has 1 aliphatic carbocycles. The number of nitrogens with zero attached hydrogens (tertiary/aromatic N) is 5. The lowest BCUT2D eigenvalue weighted by Crippen LogP contribution is -2.26. The molecule has 2 heterocycles. The van der Waals surface area contributed by atoms with Crippen LogP contribution in [-0.2, 0) is 0 Å². The Kier molecular flexibility index (Phi) is 3.74. The van der Waals surface area contributed by atoms with E-state index in [0.29, 0.717) is 11.6 Å². The fraction of sp³-hybridized carbons (Fsp3) is 0.176. The minimum atomic E-state index is -1.37. The van der Waals surface area contributed by atoms with E-state index in [4.69, 9.17) is 16.9 Å². The first-order valence-electron chi connectivity index (χ1n) is 7.76. The van der Waals surface area contributed by atoms with Gasteiger partial charge in [-0.1, -0.05) is 11.6 Å². The standard InChI is InChI=1S/C17H11ClFN5O2/c18-14-6-15(24-16(22-14)13(8-21-24)10-1-2-10)23(17(25)26)12-4-9(7-20)3-11(19)5-12/h3-6,8,10H,1-2H2,(H,25,26). The van der Waals surface area contributed by atoms with Crippen molar-refractivity contribution in [3.8, 4) is 6.07 Å². The van der Waals surface area contributed by atoms with Gasteiger partial charge in [-0.15, -0.1) is 0 Å². The lowest BCUT2D eigenvalue weighted by Gasteiger charge is -2.20.